The van der Waals surface area contributed by atoms with Gasteiger partial charge in [-0.2, -0.15) is 13.2 Å². The first kappa shape index (κ1) is 12.7. The number of hydrogen-bond donors (Lipinski definition) is 0. The number of ketones is 1. The summed E-state index contributed by atoms with van der Waals surface area (Å²) in [5.41, 5.74) is -1.06. The standard InChI is InChI=1S/C12H13F3O/c1-2-3-8-11(16)9-6-4-5-7-10(9)12(13,14)15/h4-7H,2-3,8H2,1H3. The number of benzene rings is 1. The third-order valence-corrected chi connectivity index (χ3v) is 2.29. The molecule has 0 aromatic heterocycles. The topological polar surface area (TPSA) is 17.1 Å². The van der Waals surface area contributed by atoms with Gasteiger partial charge in [0.2, 0.25) is 0 Å². The predicted octanol–water partition coefficient (Wildman–Crippen LogP) is 4.08. The molecule has 0 aliphatic rings. The number of alkyl halides is 3. The van der Waals surface area contributed by atoms with Crippen LogP contribution in [-0.4, -0.2) is 5.78 Å². The van der Waals surface area contributed by atoms with Gasteiger partial charge in [-0.15, -0.1) is 0 Å². The van der Waals surface area contributed by atoms with Gasteiger partial charge in [0.15, 0.2) is 5.78 Å². The average Bonchev–Trinajstić information content (AvgIpc) is 2.24. The molecule has 16 heavy (non-hydrogen) atoms. The molecular formula is C12H13F3O. The maximum Gasteiger partial charge on any atom is 0.417 e. The van der Waals surface area contributed by atoms with Gasteiger partial charge in [-0.25, -0.2) is 0 Å². The fraction of sp³-hybridized carbons (Fsp3) is 0.417. The molecule has 0 saturated carbocycles. The Morgan fingerprint density at radius 3 is 2.44 bits per heavy atom. The van der Waals surface area contributed by atoms with E-state index in [2.05, 4.69) is 0 Å². The summed E-state index contributed by atoms with van der Waals surface area (Å²) in [5, 5.41) is 0. The molecule has 4 heteroatoms. The van der Waals surface area contributed by atoms with Crippen LogP contribution in [0.25, 0.3) is 0 Å². The highest BCUT2D eigenvalue weighted by Crippen LogP contribution is 2.32. The van der Waals surface area contributed by atoms with Crippen molar-refractivity contribution in [1.29, 1.82) is 0 Å². The predicted molar refractivity (Wildman–Crippen MR) is 55.3 cm³/mol. The van der Waals surface area contributed by atoms with E-state index in [9.17, 15) is 18.0 Å². The van der Waals surface area contributed by atoms with Gasteiger partial charge in [0, 0.05) is 12.0 Å². The summed E-state index contributed by atoms with van der Waals surface area (Å²) in [6.07, 6.45) is -2.88. The quantitative estimate of drug-likeness (QED) is 0.712. The fourth-order valence-corrected chi connectivity index (χ4v) is 1.45. The van der Waals surface area contributed by atoms with Crippen LogP contribution in [-0.2, 0) is 6.18 Å². The molecule has 0 unspecified atom stereocenters. The van der Waals surface area contributed by atoms with Crippen molar-refractivity contribution in [2.45, 2.75) is 32.4 Å². The summed E-state index contributed by atoms with van der Waals surface area (Å²) in [6.45, 7) is 1.89. The molecule has 0 radical (unpaired) electrons. The van der Waals surface area contributed by atoms with Crippen molar-refractivity contribution in [3.63, 3.8) is 0 Å². The first-order valence-electron chi connectivity index (χ1n) is 5.16. The lowest BCUT2D eigenvalue weighted by molar-refractivity contribution is -0.137. The molecule has 0 heterocycles. The molecule has 0 fully saturated rings. The zero-order valence-electron chi connectivity index (χ0n) is 8.97. The molecule has 1 aromatic rings. The van der Waals surface area contributed by atoms with Crippen molar-refractivity contribution in [3.05, 3.63) is 35.4 Å². The molecule has 0 aliphatic carbocycles. The molecule has 1 rings (SSSR count). The Morgan fingerprint density at radius 1 is 1.25 bits per heavy atom. The van der Waals surface area contributed by atoms with Crippen LogP contribution in [0.4, 0.5) is 13.2 Å². The van der Waals surface area contributed by atoms with Crippen molar-refractivity contribution in [2.24, 2.45) is 0 Å². The van der Waals surface area contributed by atoms with Gasteiger partial charge in [0.1, 0.15) is 0 Å². The molecule has 0 saturated heterocycles. The van der Waals surface area contributed by atoms with E-state index in [0.717, 1.165) is 12.5 Å². The Labute approximate surface area is 92.3 Å². The Balaban J connectivity index is 3.00. The highest BCUT2D eigenvalue weighted by atomic mass is 19.4. The van der Waals surface area contributed by atoms with Crippen LogP contribution in [0.5, 0.6) is 0 Å². The summed E-state index contributed by atoms with van der Waals surface area (Å²) in [5.74, 6) is -0.435. The van der Waals surface area contributed by atoms with Crippen molar-refractivity contribution in [1.82, 2.24) is 0 Å². The minimum atomic E-state index is -4.46. The highest BCUT2D eigenvalue weighted by Gasteiger charge is 2.34. The molecule has 88 valence electrons. The maximum absolute atomic E-state index is 12.6. The molecule has 1 nitrogen and oxygen atoms in total. The first-order valence-corrected chi connectivity index (χ1v) is 5.16. The number of rotatable bonds is 4. The van der Waals surface area contributed by atoms with Crippen molar-refractivity contribution in [2.75, 3.05) is 0 Å². The van der Waals surface area contributed by atoms with Crippen molar-refractivity contribution < 1.29 is 18.0 Å². The Bertz CT molecular complexity index is 369. The normalized spacial score (nSPS) is 11.5. The maximum atomic E-state index is 12.6. The van der Waals surface area contributed by atoms with Crippen LogP contribution < -0.4 is 0 Å². The molecular weight excluding hydrogens is 217 g/mol. The molecule has 1 aromatic carbocycles. The van der Waals surface area contributed by atoms with E-state index in [1.165, 1.54) is 18.2 Å². The van der Waals surface area contributed by atoms with Gasteiger partial charge in [0.05, 0.1) is 5.56 Å². The highest BCUT2D eigenvalue weighted by molar-refractivity contribution is 5.97. The van der Waals surface area contributed by atoms with Gasteiger partial charge >= 0.3 is 6.18 Å². The zero-order chi connectivity index (χ0) is 12.2. The third-order valence-electron chi connectivity index (χ3n) is 2.29. The third kappa shape index (κ3) is 3.08. The van der Waals surface area contributed by atoms with E-state index in [0.29, 0.717) is 6.42 Å². The van der Waals surface area contributed by atoms with Gasteiger partial charge in [-0.3, -0.25) is 4.79 Å². The number of unbranched alkanes of at least 4 members (excludes halogenated alkanes) is 1. The molecule has 0 bridgehead atoms. The number of carbonyl (C=O) groups is 1. The minimum Gasteiger partial charge on any atom is -0.294 e. The summed E-state index contributed by atoms with van der Waals surface area (Å²) in [4.78, 5) is 11.6. The van der Waals surface area contributed by atoms with Crippen LogP contribution in [0.2, 0.25) is 0 Å². The molecule has 0 atom stereocenters. The summed E-state index contributed by atoms with van der Waals surface area (Å²) >= 11 is 0. The van der Waals surface area contributed by atoms with E-state index in [1.807, 2.05) is 6.92 Å². The van der Waals surface area contributed by atoms with Crippen LogP contribution >= 0.6 is 0 Å². The van der Waals surface area contributed by atoms with Gasteiger partial charge in [-0.1, -0.05) is 31.5 Å². The van der Waals surface area contributed by atoms with E-state index in [1.54, 1.807) is 0 Å². The number of halogens is 3. The van der Waals surface area contributed by atoms with E-state index in [4.69, 9.17) is 0 Å². The number of carbonyl (C=O) groups excluding carboxylic acids is 1. The Kier molecular flexibility index (Phi) is 4.10. The van der Waals surface area contributed by atoms with E-state index >= 15 is 0 Å². The van der Waals surface area contributed by atoms with Crippen LogP contribution in [0.3, 0.4) is 0 Å². The lowest BCUT2D eigenvalue weighted by Gasteiger charge is -2.11. The second-order valence-electron chi connectivity index (χ2n) is 3.57. The summed E-state index contributed by atoms with van der Waals surface area (Å²) < 4.78 is 37.7. The first-order chi connectivity index (χ1) is 7.46. The fourth-order valence-electron chi connectivity index (χ4n) is 1.45. The second-order valence-corrected chi connectivity index (χ2v) is 3.57. The Hall–Kier alpha value is -1.32. The minimum absolute atomic E-state index is 0.170. The van der Waals surface area contributed by atoms with E-state index < -0.39 is 17.5 Å². The zero-order valence-corrected chi connectivity index (χ0v) is 8.97. The second kappa shape index (κ2) is 5.14. The average molecular weight is 230 g/mol. The van der Waals surface area contributed by atoms with Crippen LogP contribution in [0.15, 0.2) is 24.3 Å². The van der Waals surface area contributed by atoms with Gasteiger partial charge in [-0.05, 0) is 12.5 Å². The van der Waals surface area contributed by atoms with Gasteiger partial charge in [0.25, 0.3) is 0 Å². The molecule has 0 spiro atoms. The summed E-state index contributed by atoms with van der Waals surface area (Å²) in [7, 11) is 0. The van der Waals surface area contributed by atoms with Crippen molar-refractivity contribution >= 4 is 5.78 Å². The monoisotopic (exact) mass is 230 g/mol. The molecule has 0 aliphatic heterocycles. The molecule has 0 amide bonds. The number of Topliss-reactive ketones (excluding diaryl/α,β-unsaturated/α-hetero) is 1. The number of hydrogen-bond acceptors (Lipinski definition) is 1. The van der Waals surface area contributed by atoms with E-state index in [-0.39, 0.29) is 12.0 Å². The van der Waals surface area contributed by atoms with Gasteiger partial charge < -0.3 is 0 Å². The van der Waals surface area contributed by atoms with Crippen molar-refractivity contribution in [3.8, 4) is 0 Å². The van der Waals surface area contributed by atoms with Crippen LogP contribution in [0, 0.1) is 0 Å². The lowest BCUT2D eigenvalue weighted by atomic mass is 10.00. The largest absolute Gasteiger partial charge is 0.417 e. The lowest BCUT2D eigenvalue weighted by Crippen LogP contribution is -2.12. The van der Waals surface area contributed by atoms with Crippen LogP contribution in [0.1, 0.15) is 42.1 Å². The smallest absolute Gasteiger partial charge is 0.294 e. The SMILES string of the molecule is CCCCC(=O)c1ccccc1C(F)(F)F. The molecule has 0 N–H and O–H groups in total. The summed E-state index contributed by atoms with van der Waals surface area (Å²) in [6, 6.07) is 4.92. The Morgan fingerprint density at radius 2 is 1.88 bits per heavy atom.